The highest BCUT2D eigenvalue weighted by molar-refractivity contribution is 6.26. The van der Waals surface area contributed by atoms with E-state index in [1.165, 1.54) is 54.6 Å². The molecule has 0 spiro atoms. The van der Waals surface area contributed by atoms with Gasteiger partial charge < -0.3 is 9.80 Å². The number of nitrogens with zero attached hydrogens (tertiary/aromatic N) is 2. The van der Waals surface area contributed by atoms with Crippen LogP contribution in [0.5, 0.6) is 0 Å². The van der Waals surface area contributed by atoms with Crippen LogP contribution in [0.1, 0.15) is 22.3 Å². The highest BCUT2D eigenvalue weighted by Crippen LogP contribution is 2.47. The Bertz CT molecular complexity index is 2140. The third-order valence-corrected chi connectivity index (χ3v) is 9.47. The Morgan fingerprint density at radius 1 is 0.312 bits per heavy atom. The summed E-state index contributed by atoms with van der Waals surface area (Å²) in [5.41, 5.74) is 11.8. The minimum absolute atomic E-state index is 1.14. The molecule has 0 fully saturated rings. The molecule has 0 atom stereocenters. The molecule has 0 aliphatic heterocycles. The molecule has 0 saturated carbocycles. The Kier molecular flexibility index (Phi) is 7.42. The number of anilines is 6. The Labute approximate surface area is 283 Å². The monoisotopic (exact) mass is 618 g/mol. The van der Waals surface area contributed by atoms with E-state index in [1.807, 2.05) is 0 Å². The Hall–Kier alpha value is -5.86. The molecular formula is C46H38N2. The molecule has 232 valence electrons. The average molecular weight is 619 g/mol. The molecule has 48 heavy (non-hydrogen) atoms. The summed E-state index contributed by atoms with van der Waals surface area (Å²) in [6.45, 7) is 8.58. The zero-order chi connectivity index (χ0) is 32.8. The zero-order valence-electron chi connectivity index (χ0n) is 27.9. The van der Waals surface area contributed by atoms with E-state index in [0.29, 0.717) is 0 Å². The first kappa shape index (κ1) is 29.5. The van der Waals surface area contributed by atoms with Gasteiger partial charge >= 0.3 is 0 Å². The second kappa shape index (κ2) is 12.1. The largest absolute Gasteiger partial charge is 0.310 e. The van der Waals surface area contributed by atoms with Crippen LogP contribution in [0.15, 0.2) is 158 Å². The van der Waals surface area contributed by atoms with Gasteiger partial charge in [-0.2, -0.15) is 0 Å². The molecule has 0 saturated heterocycles. The summed E-state index contributed by atoms with van der Waals surface area (Å²) < 4.78 is 0. The summed E-state index contributed by atoms with van der Waals surface area (Å²) in [6, 6.07) is 58.0. The van der Waals surface area contributed by atoms with Crippen molar-refractivity contribution in [1.82, 2.24) is 0 Å². The smallest absolute Gasteiger partial charge is 0.0546 e. The fraction of sp³-hybridized carbons (Fsp3) is 0.0870. The summed E-state index contributed by atoms with van der Waals surface area (Å²) in [6.07, 6.45) is 0. The summed E-state index contributed by atoms with van der Waals surface area (Å²) in [5, 5.41) is 7.40. The lowest BCUT2D eigenvalue weighted by Crippen LogP contribution is -2.12. The predicted molar refractivity (Wildman–Crippen MR) is 207 cm³/mol. The summed E-state index contributed by atoms with van der Waals surface area (Å²) in [4.78, 5) is 4.82. The van der Waals surface area contributed by atoms with E-state index in [4.69, 9.17) is 0 Å². The third-order valence-electron chi connectivity index (χ3n) is 9.47. The van der Waals surface area contributed by atoms with Crippen LogP contribution in [0.25, 0.3) is 32.3 Å². The first-order valence-electron chi connectivity index (χ1n) is 16.7. The van der Waals surface area contributed by atoms with E-state index < -0.39 is 0 Å². The van der Waals surface area contributed by atoms with Gasteiger partial charge in [0.05, 0.1) is 11.4 Å². The molecule has 0 N–H and O–H groups in total. The van der Waals surface area contributed by atoms with Crippen LogP contribution in [-0.2, 0) is 0 Å². The Morgan fingerprint density at radius 2 is 0.583 bits per heavy atom. The van der Waals surface area contributed by atoms with Crippen molar-refractivity contribution in [3.05, 3.63) is 180 Å². The first-order chi connectivity index (χ1) is 23.4. The van der Waals surface area contributed by atoms with Crippen molar-refractivity contribution >= 4 is 66.4 Å². The molecular weight excluding hydrogens is 581 g/mol. The molecule has 0 amide bonds. The highest BCUT2D eigenvalue weighted by atomic mass is 15.2. The SMILES string of the molecule is Cc1ccc(N(c2ccc(C)cc2)c2cc3cc(N(c4ccc(C)cc4)c4ccc(C)cc4)c4ccccc4c3c3ccccc23)cc1. The van der Waals surface area contributed by atoms with Crippen LogP contribution in [0.2, 0.25) is 0 Å². The van der Waals surface area contributed by atoms with E-state index in [9.17, 15) is 0 Å². The van der Waals surface area contributed by atoms with Gasteiger partial charge in [0.15, 0.2) is 0 Å². The van der Waals surface area contributed by atoms with Gasteiger partial charge in [-0.1, -0.05) is 119 Å². The molecule has 8 aromatic carbocycles. The standard InChI is InChI=1S/C46H38N2/c1-31-13-21-36(22-14-31)47(37-23-15-32(2)16-24-37)44-29-35-30-45(41-10-6-8-12-43(41)46(35)42-11-7-5-9-40(42)44)48(38-25-17-33(3)18-26-38)39-27-19-34(4)20-28-39/h5-30H,1-4H3. The lowest BCUT2D eigenvalue weighted by Gasteiger charge is -2.30. The molecule has 8 aromatic rings. The fourth-order valence-corrected chi connectivity index (χ4v) is 6.94. The van der Waals surface area contributed by atoms with Crippen LogP contribution < -0.4 is 9.80 Å². The number of benzene rings is 8. The van der Waals surface area contributed by atoms with Gasteiger partial charge in [-0.15, -0.1) is 0 Å². The molecule has 2 nitrogen and oxygen atoms in total. The van der Waals surface area contributed by atoms with E-state index in [0.717, 1.165) is 34.1 Å². The minimum atomic E-state index is 1.14. The number of aryl methyl sites for hydroxylation is 4. The average Bonchev–Trinajstić information content (AvgIpc) is 3.11. The molecule has 0 aliphatic rings. The lowest BCUT2D eigenvalue weighted by atomic mass is 9.93. The number of rotatable bonds is 6. The number of hydrogen-bond acceptors (Lipinski definition) is 2. The van der Waals surface area contributed by atoms with Crippen LogP contribution in [0, 0.1) is 27.7 Å². The van der Waals surface area contributed by atoms with Gasteiger partial charge in [0.1, 0.15) is 0 Å². The maximum absolute atomic E-state index is 2.41. The molecule has 8 rings (SSSR count). The second-order valence-electron chi connectivity index (χ2n) is 13.0. The molecule has 2 heteroatoms. The van der Waals surface area contributed by atoms with Gasteiger partial charge in [-0.3, -0.25) is 0 Å². The fourth-order valence-electron chi connectivity index (χ4n) is 6.94. The van der Waals surface area contributed by atoms with Crippen molar-refractivity contribution in [3.63, 3.8) is 0 Å². The van der Waals surface area contributed by atoms with Gasteiger partial charge in [0, 0.05) is 33.5 Å². The third kappa shape index (κ3) is 5.26. The van der Waals surface area contributed by atoms with Crippen molar-refractivity contribution in [2.75, 3.05) is 9.80 Å². The van der Waals surface area contributed by atoms with Gasteiger partial charge in [-0.25, -0.2) is 0 Å². The van der Waals surface area contributed by atoms with E-state index in [-0.39, 0.29) is 0 Å². The predicted octanol–water partition coefficient (Wildman–Crippen LogP) is 13.3. The highest BCUT2D eigenvalue weighted by Gasteiger charge is 2.22. The normalized spacial score (nSPS) is 11.3. The van der Waals surface area contributed by atoms with Crippen molar-refractivity contribution < 1.29 is 0 Å². The maximum Gasteiger partial charge on any atom is 0.0546 e. The quantitative estimate of drug-likeness (QED) is 0.171. The summed E-state index contributed by atoms with van der Waals surface area (Å²) in [5.74, 6) is 0. The van der Waals surface area contributed by atoms with Crippen LogP contribution in [-0.4, -0.2) is 0 Å². The molecule has 0 unspecified atom stereocenters. The Balaban J connectivity index is 1.47. The maximum atomic E-state index is 2.41. The first-order valence-corrected chi connectivity index (χ1v) is 16.7. The molecule has 0 aromatic heterocycles. The van der Waals surface area contributed by atoms with Crippen molar-refractivity contribution in [3.8, 4) is 0 Å². The second-order valence-corrected chi connectivity index (χ2v) is 13.0. The van der Waals surface area contributed by atoms with Gasteiger partial charge in [0.2, 0.25) is 0 Å². The lowest BCUT2D eigenvalue weighted by molar-refractivity contribution is 1.28. The Morgan fingerprint density at radius 3 is 0.875 bits per heavy atom. The van der Waals surface area contributed by atoms with Crippen molar-refractivity contribution in [2.24, 2.45) is 0 Å². The van der Waals surface area contributed by atoms with Crippen LogP contribution in [0.3, 0.4) is 0 Å². The molecule has 0 aliphatic carbocycles. The molecule has 0 bridgehead atoms. The van der Waals surface area contributed by atoms with Gasteiger partial charge in [-0.05, 0) is 110 Å². The van der Waals surface area contributed by atoms with Crippen molar-refractivity contribution in [1.29, 1.82) is 0 Å². The number of hydrogen-bond donors (Lipinski definition) is 0. The summed E-state index contributed by atoms with van der Waals surface area (Å²) >= 11 is 0. The van der Waals surface area contributed by atoms with E-state index in [1.54, 1.807) is 0 Å². The number of fused-ring (bicyclic) bond motifs is 5. The van der Waals surface area contributed by atoms with Gasteiger partial charge in [0.25, 0.3) is 0 Å². The van der Waals surface area contributed by atoms with Crippen molar-refractivity contribution in [2.45, 2.75) is 27.7 Å². The van der Waals surface area contributed by atoms with Crippen LogP contribution in [0.4, 0.5) is 34.1 Å². The summed E-state index contributed by atoms with van der Waals surface area (Å²) in [7, 11) is 0. The minimum Gasteiger partial charge on any atom is -0.310 e. The molecule has 0 radical (unpaired) electrons. The van der Waals surface area contributed by atoms with E-state index >= 15 is 0 Å². The zero-order valence-corrected chi connectivity index (χ0v) is 27.9. The van der Waals surface area contributed by atoms with Crippen LogP contribution >= 0.6 is 0 Å². The molecule has 0 heterocycles. The van der Waals surface area contributed by atoms with E-state index in [2.05, 4.69) is 195 Å². The topological polar surface area (TPSA) is 6.48 Å².